The van der Waals surface area contributed by atoms with Crippen LogP contribution in [0.25, 0.3) is 0 Å². The fourth-order valence-electron chi connectivity index (χ4n) is 0. The second kappa shape index (κ2) is 169. The van der Waals surface area contributed by atoms with Gasteiger partial charge in [-0.25, -0.2) is 0 Å². The molecule has 0 N–H and O–H groups in total. The van der Waals surface area contributed by atoms with E-state index in [9.17, 15) is 0 Å². The van der Waals surface area contributed by atoms with Crippen LogP contribution in [0, 0.1) is 0 Å². The second-order valence-electron chi connectivity index (χ2n) is 0. The molecular weight excluding hydrogens is 546 g/mol. The third-order valence-corrected chi connectivity index (χ3v) is 0. The third kappa shape index (κ3) is 160. The molecule has 21 heteroatoms. The summed E-state index contributed by atoms with van der Waals surface area (Å²) in [7, 11) is 0. The van der Waals surface area contributed by atoms with Crippen LogP contribution in [0.15, 0.2) is 0 Å². The molecule has 0 atom stereocenters. The van der Waals surface area contributed by atoms with Gasteiger partial charge in [0.05, 0.1) is 0 Å². The van der Waals surface area contributed by atoms with Crippen LogP contribution in [0.3, 0.4) is 0 Å². The summed E-state index contributed by atoms with van der Waals surface area (Å²) in [6.07, 6.45) is 0. The van der Waals surface area contributed by atoms with Crippen LogP contribution >= 0.6 is 0 Å². The molecule has 0 aromatic rings. The van der Waals surface area contributed by atoms with Crippen LogP contribution < -0.4 is 414 Å². The van der Waals surface area contributed by atoms with Gasteiger partial charge in [-0.15, -0.1) is 0 Å². The van der Waals surface area contributed by atoms with Crippen molar-refractivity contribution in [3.05, 3.63) is 0 Å². The van der Waals surface area contributed by atoms with E-state index in [1.807, 2.05) is 0 Å². The molecule has 0 fully saturated rings. The van der Waals surface area contributed by atoms with E-state index in [0.29, 0.717) is 0 Å². The van der Waals surface area contributed by atoms with Crippen molar-refractivity contribution in [1.82, 2.24) is 0 Å². The van der Waals surface area contributed by atoms with Crippen LogP contribution in [-0.2, 0) is 94.5 Å². The molecule has 0 heterocycles. The van der Waals surface area contributed by atoms with Crippen molar-refractivity contribution < 1.29 is 414 Å². The maximum atomic E-state index is 0. The van der Waals surface area contributed by atoms with Gasteiger partial charge in [0.2, 0.25) is 0 Å². The molecule has 0 unspecified atom stereocenters. The van der Waals surface area contributed by atoms with Gasteiger partial charge in [0.15, 0.2) is 0 Å². The molecular formula is Na14S7. The van der Waals surface area contributed by atoms with Crippen molar-refractivity contribution >= 4 is 94.5 Å². The molecule has 0 bridgehead atoms. The van der Waals surface area contributed by atoms with Crippen molar-refractivity contribution in [3.8, 4) is 0 Å². The molecule has 0 aromatic heterocycles. The fraction of sp³-hybridized carbons (Fsp3) is 0. The first kappa shape index (κ1) is 184. The van der Waals surface area contributed by atoms with Gasteiger partial charge in [0.1, 0.15) is 0 Å². The van der Waals surface area contributed by atoms with Crippen molar-refractivity contribution in [2.75, 3.05) is 0 Å². The number of hydrogen-bond donors (Lipinski definition) is 0. The van der Waals surface area contributed by atoms with Crippen molar-refractivity contribution in [2.45, 2.75) is 0 Å². The van der Waals surface area contributed by atoms with Crippen molar-refractivity contribution in [1.29, 1.82) is 0 Å². The van der Waals surface area contributed by atoms with Gasteiger partial charge in [-0.05, 0) is 0 Å². The van der Waals surface area contributed by atoms with Gasteiger partial charge in [-0.3, -0.25) is 0 Å². The first-order chi connectivity index (χ1) is 0. The van der Waals surface area contributed by atoms with E-state index in [4.69, 9.17) is 0 Å². The fourth-order valence-corrected chi connectivity index (χ4v) is 0. The summed E-state index contributed by atoms with van der Waals surface area (Å²) in [4.78, 5) is 0. The van der Waals surface area contributed by atoms with E-state index in [1.165, 1.54) is 0 Å². The van der Waals surface area contributed by atoms with Crippen LogP contribution in [-0.4, -0.2) is 0 Å². The predicted molar refractivity (Wildman–Crippen MR) is 51.6 cm³/mol. The van der Waals surface area contributed by atoms with E-state index in [2.05, 4.69) is 0 Å². The van der Waals surface area contributed by atoms with Gasteiger partial charge in [-0.1, -0.05) is 0 Å². The molecule has 0 rings (SSSR count). The Hall–Kier alpha value is 16.4. The Bertz CT molecular complexity index is 19.3. The van der Waals surface area contributed by atoms with E-state index in [1.54, 1.807) is 0 Å². The summed E-state index contributed by atoms with van der Waals surface area (Å²) in [5, 5.41) is 0. The molecule has 0 radical (unpaired) electrons. The van der Waals surface area contributed by atoms with Gasteiger partial charge in [0, 0.05) is 0 Å². The molecule has 56 valence electrons. The normalized spacial score (nSPS) is 0. The minimum absolute atomic E-state index is 0. The van der Waals surface area contributed by atoms with Crippen molar-refractivity contribution in [3.63, 3.8) is 0 Å². The molecule has 0 aromatic carbocycles. The summed E-state index contributed by atoms with van der Waals surface area (Å²) in [5.74, 6) is 0. The number of rotatable bonds is 0. The zero-order valence-electron chi connectivity index (χ0n) is 16.9. The molecule has 0 saturated carbocycles. The summed E-state index contributed by atoms with van der Waals surface area (Å²) in [6, 6.07) is 0. The quantitative estimate of drug-likeness (QED) is 0.265. The first-order valence-corrected chi connectivity index (χ1v) is 0. The van der Waals surface area contributed by atoms with Gasteiger partial charge in [-0.2, -0.15) is 0 Å². The first-order valence-electron chi connectivity index (χ1n) is 0. The Morgan fingerprint density at radius 1 is 0.0952 bits per heavy atom. The standard InChI is InChI=1S/14Na.7S/q14*+1;7*-2. The Kier molecular flexibility index (Phi) is 1480. The predicted octanol–water partition coefficient (Wildman–Crippen LogP) is -42.0. The SMILES string of the molecule is [Na+].[Na+].[Na+].[Na+].[Na+].[Na+].[Na+].[Na+].[Na+].[Na+].[Na+].[Na+].[Na+].[Na+].[S-2].[S-2].[S-2].[S-2].[S-2].[S-2].[S-2]. The summed E-state index contributed by atoms with van der Waals surface area (Å²) in [5.41, 5.74) is 0. The van der Waals surface area contributed by atoms with E-state index >= 15 is 0 Å². The van der Waals surface area contributed by atoms with Crippen LogP contribution in [0.2, 0.25) is 0 Å². The number of hydrogen-bond acceptors (Lipinski definition) is 0. The van der Waals surface area contributed by atoms with Crippen LogP contribution in [0.5, 0.6) is 0 Å². The Labute approximate surface area is 492 Å². The molecule has 0 amide bonds. The smallest absolute Gasteiger partial charge is 1.00 e. The molecule has 0 aliphatic rings. The minimum Gasteiger partial charge on any atom is -2.00 e. The maximum absolute atomic E-state index is 0. The Morgan fingerprint density at radius 3 is 0.0952 bits per heavy atom. The molecule has 0 nitrogen and oxygen atoms in total. The third-order valence-electron chi connectivity index (χ3n) is 0. The van der Waals surface area contributed by atoms with Crippen LogP contribution in [0.1, 0.15) is 0 Å². The van der Waals surface area contributed by atoms with Gasteiger partial charge in [0.25, 0.3) is 0 Å². The molecule has 21 heavy (non-hydrogen) atoms. The molecule has 0 aliphatic carbocycles. The second-order valence-corrected chi connectivity index (χ2v) is 0. The topological polar surface area (TPSA) is 0 Å². The zero-order chi connectivity index (χ0) is 0. The van der Waals surface area contributed by atoms with Gasteiger partial charge < -0.3 is 94.5 Å². The van der Waals surface area contributed by atoms with Gasteiger partial charge >= 0.3 is 414 Å². The summed E-state index contributed by atoms with van der Waals surface area (Å²) < 4.78 is 0. The average molecular weight is 546 g/mol. The van der Waals surface area contributed by atoms with Crippen LogP contribution in [0.4, 0.5) is 0 Å². The Balaban J connectivity index is 0. The average Bonchev–Trinajstić information content (AvgIpc) is 0. The largest absolute Gasteiger partial charge is 2.00 e. The summed E-state index contributed by atoms with van der Waals surface area (Å²) in [6.45, 7) is 0. The van der Waals surface area contributed by atoms with E-state index in [0.717, 1.165) is 0 Å². The van der Waals surface area contributed by atoms with E-state index in [-0.39, 0.29) is 508 Å². The Morgan fingerprint density at radius 2 is 0.0952 bits per heavy atom. The van der Waals surface area contributed by atoms with E-state index < -0.39 is 0 Å². The summed E-state index contributed by atoms with van der Waals surface area (Å²) >= 11 is 0. The molecule has 0 aliphatic heterocycles. The zero-order valence-corrected chi connectivity index (χ0v) is 50.6. The maximum Gasteiger partial charge on any atom is 1.00 e. The minimum atomic E-state index is 0. The molecule has 0 saturated heterocycles. The monoisotopic (exact) mass is 546 g/mol. The van der Waals surface area contributed by atoms with Crippen molar-refractivity contribution in [2.24, 2.45) is 0 Å². The molecule has 0 spiro atoms.